The molecular weight excluding hydrogens is 188 g/mol. The number of hydrogen-bond acceptors (Lipinski definition) is 3. The van der Waals surface area contributed by atoms with E-state index in [2.05, 4.69) is 5.43 Å². The van der Waals surface area contributed by atoms with Crippen molar-refractivity contribution in [1.29, 1.82) is 0 Å². The lowest BCUT2D eigenvalue weighted by atomic mass is 10.2. The quantitative estimate of drug-likeness (QED) is 0.335. The van der Waals surface area contributed by atoms with Crippen molar-refractivity contribution in [3.05, 3.63) is 35.9 Å². The van der Waals surface area contributed by atoms with Crippen molar-refractivity contribution >= 4 is 28.6 Å². The number of nitrogens with two attached hydrogens (primary N) is 1. The second-order valence-electron chi connectivity index (χ2n) is 2.37. The molecule has 1 aromatic carbocycles. The Kier molecular flexibility index (Phi) is 3.49. The molecule has 0 aliphatic carbocycles. The molecule has 3 N–H and O–H groups in total. The number of anilines is 1. The standard InChI is InChI=1S/C9H9ClN2O/c10-9(13)6-5-7-3-1-2-4-8(7)12-11/h1-6,12H,11H2/b6-5+. The zero-order chi connectivity index (χ0) is 9.68. The minimum absolute atomic E-state index is 0.508. The van der Waals surface area contributed by atoms with Gasteiger partial charge in [0, 0.05) is 0 Å². The van der Waals surface area contributed by atoms with Crippen LogP contribution in [0, 0.1) is 0 Å². The maximum atomic E-state index is 10.4. The lowest BCUT2D eigenvalue weighted by molar-refractivity contribution is -0.107. The summed E-state index contributed by atoms with van der Waals surface area (Å²) in [6.45, 7) is 0. The van der Waals surface area contributed by atoms with Crippen molar-refractivity contribution in [2.24, 2.45) is 5.84 Å². The van der Waals surface area contributed by atoms with Crippen LogP contribution in [0.3, 0.4) is 0 Å². The molecule has 0 fully saturated rings. The number of nitrogen functional groups attached to an aromatic ring is 1. The van der Waals surface area contributed by atoms with Crippen molar-refractivity contribution in [3.8, 4) is 0 Å². The Balaban J connectivity index is 2.93. The van der Waals surface area contributed by atoms with Crippen LogP contribution in [-0.4, -0.2) is 5.24 Å². The fraction of sp³-hybridized carbons (Fsp3) is 0. The minimum atomic E-state index is -0.508. The summed E-state index contributed by atoms with van der Waals surface area (Å²) in [6, 6.07) is 7.32. The summed E-state index contributed by atoms with van der Waals surface area (Å²) in [6.07, 6.45) is 2.88. The van der Waals surface area contributed by atoms with Gasteiger partial charge in [0.1, 0.15) is 0 Å². The van der Waals surface area contributed by atoms with Crippen molar-refractivity contribution < 1.29 is 4.79 Å². The number of rotatable bonds is 3. The van der Waals surface area contributed by atoms with Crippen LogP contribution >= 0.6 is 11.6 Å². The Bertz CT molecular complexity index is 336. The van der Waals surface area contributed by atoms with Crippen LogP contribution < -0.4 is 11.3 Å². The first-order valence-corrected chi connectivity index (χ1v) is 4.05. The monoisotopic (exact) mass is 196 g/mol. The Morgan fingerprint density at radius 1 is 1.46 bits per heavy atom. The summed E-state index contributed by atoms with van der Waals surface area (Å²) in [5.74, 6) is 5.26. The molecule has 3 nitrogen and oxygen atoms in total. The predicted octanol–water partition coefficient (Wildman–Crippen LogP) is 1.75. The molecule has 0 radical (unpaired) electrons. The van der Waals surface area contributed by atoms with Gasteiger partial charge in [-0.15, -0.1) is 0 Å². The zero-order valence-electron chi connectivity index (χ0n) is 6.83. The van der Waals surface area contributed by atoms with E-state index in [4.69, 9.17) is 17.4 Å². The summed E-state index contributed by atoms with van der Waals surface area (Å²) in [5.41, 5.74) is 4.08. The van der Waals surface area contributed by atoms with Crippen LogP contribution in [0.15, 0.2) is 30.3 Å². The molecule has 4 heteroatoms. The van der Waals surface area contributed by atoms with Gasteiger partial charge in [-0.3, -0.25) is 10.6 Å². The maximum Gasteiger partial charge on any atom is 0.245 e. The maximum absolute atomic E-state index is 10.4. The lowest BCUT2D eigenvalue weighted by Gasteiger charge is -2.02. The molecule has 0 unspecified atom stereocenters. The van der Waals surface area contributed by atoms with Gasteiger partial charge in [0.2, 0.25) is 5.24 Å². The molecular formula is C9H9ClN2O. The van der Waals surface area contributed by atoms with Gasteiger partial charge in [0.25, 0.3) is 0 Å². The Labute approximate surface area is 81.2 Å². The first-order valence-electron chi connectivity index (χ1n) is 3.67. The van der Waals surface area contributed by atoms with Gasteiger partial charge in [0.15, 0.2) is 0 Å². The fourth-order valence-corrected chi connectivity index (χ4v) is 0.992. The van der Waals surface area contributed by atoms with Gasteiger partial charge < -0.3 is 5.43 Å². The van der Waals surface area contributed by atoms with E-state index >= 15 is 0 Å². The molecule has 0 saturated carbocycles. The molecule has 0 aliphatic heterocycles. The van der Waals surface area contributed by atoms with Crippen molar-refractivity contribution in [3.63, 3.8) is 0 Å². The topological polar surface area (TPSA) is 55.1 Å². The van der Waals surface area contributed by atoms with Gasteiger partial charge in [-0.2, -0.15) is 0 Å². The minimum Gasteiger partial charge on any atom is -0.324 e. The van der Waals surface area contributed by atoms with Gasteiger partial charge >= 0.3 is 0 Å². The SMILES string of the molecule is NNc1ccccc1/C=C/C(=O)Cl. The Morgan fingerprint density at radius 3 is 2.77 bits per heavy atom. The highest BCUT2D eigenvalue weighted by molar-refractivity contribution is 6.66. The third-order valence-corrected chi connectivity index (χ3v) is 1.64. The smallest absolute Gasteiger partial charge is 0.245 e. The molecule has 0 heterocycles. The Morgan fingerprint density at radius 2 is 2.15 bits per heavy atom. The number of para-hydroxylation sites is 1. The largest absolute Gasteiger partial charge is 0.324 e. The third-order valence-electron chi connectivity index (χ3n) is 1.51. The van der Waals surface area contributed by atoms with Crippen LogP contribution in [0.2, 0.25) is 0 Å². The second kappa shape index (κ2) is 4.64. The van der Waals surface area contributed by atoms with Gasteiger partial charge in [-0.1, -0.05) is 18.2 Å². The van der Waals surface area contributed by atoms with Crippen molar-refractivity contribution in [1.82, 2.24) is 0 Å². The Hall–Kier alpha value is -1.32. The van der Waals surface area contributed by atoms with E-state index in [-0.39, 0.29) is 0 Å². The van der Waals surface area contributed by atoms with Crippen LogP contribution in [-0.2, 0) is 4.79 Å². The number of halogens is 1. The van der Waals surface area contributed by atoms with Crippen LogP contribution in [0.4, 0.5) is 5.69 Å². The average molecular weight is 197 g/mol. The summed E-state index contributed by atoms with van der Waals surface area (Å²) in [4.78, 5) is 10.4. The number of allylic oxidation sites excluding steroid dienone is 1. The van der Waals surface area contributed by atoms with E-state index in [1.54, 1.807) is 12.1 Å². The fourth-order valence-electron chi connectivity index (χ4n) is 0.929. The van der Waals surface area contributed by atoms with Crippen molar-refractivity contribution in [2.45, 2.75) is 0 Å². The van der Waals surface area contributed by atoms with Gasteiger partial charge in [-0.25, -0.2) is 0 Å². The van der Waals surface area contributed by atoms with Crippen LogP contribution in [0.1, 0.15) is 5.56 Å². The van der Waals surface area contributed by atoms with E-state index in [0.29, 0.717) is 0 Å². The average Bonchev–Trinajstić information content (AvgIpc) is 2.15. The molecule has 0 aliphatic rings. The first-order chi connectivity index (χ1) is 6.24. The molecule has 0 spiro atoms. The van der Waals surface area contributed by atoms with Gasteiger partial charge in [0.05, 0.1) is 5.69 Å². The molecule has 68 valence electrons. The van der Waals surface area contributed by atoms with Crippen LogP contribution in [0.25, 0.3) is 6.08 Å². The van der Waals surface area contributed by atoms with Gasteiger partial charge in [-0.05, 0) is 35.4 Å². The number of nitrogens with one attached hydrogen (secondary N) is 1. The predicted molar refractivity (Wildman–Crippen MR) is 54.1 cm³/mol. The third kappa shape index (κ3) is 2.89. The number of hydrazine groups is 1. The molecule has 1 rings (SSSR count). The molecule has 13 heavy (non-hydrogen) atoms. The molecule has 1 aromatic rings. The lowest BCUT2D eigenvalue weighted by Crippen LogP contribution is -2.07. The van der Waals surface area contributed by atoms with E-state index in [1.807, 2.05) is 18.2 Å². The highest BCUT2D eigenvalue weighted by Crippen LogP contribution is 2.14. The number of benzene rings is 1. The number of hydrogen-bond donors (Lipinski definition) is 2. The number of carbonyl (C=O) groups is 1. The highest BCUT2D eigenvalue weighted by atomic mass is 35.5. The van der Waals surface area contributed by atoms with E-state index in [9.17, 15) is 4.79 Å². The zero-order valence-corrected chi connectivity index (χ0v) is 7.58. The second-order valence-corrected chi connectivity index (χ2v) is 2.74. The summed E-state index contributed by atoms with van der Waals surface area (Å²) in [5, 5.41) is -0.508. The van der Waals surface area contributed by atoms with E-state index in [1.165, 1.54) is 6.08 Å². The summed E-state index contributed by atoms with van der Waals surface area (Å²) < 4.78 is 0. The normalized spacial score (nSPS) is 10.3. The van der Waals surface area contributed by atoms with E-state index < -0.39 is 5.24 Å². The molecule has 0 saturated heterocycles. The van der Waals surface area contributed by atoms with Crippen molar-refractivity contribution in [2.75, 3.05) is 5.43 Å². The molecule has 0 atom stereocenters. The van der Waals surface area contributed by atoms with E-state index in [0.717, 1.165) is 11.3 Å². The first kappa shape index (κ1) is 9.77. The number of carbonyl (C=O) groups excluding carboxylic acids is 1. The molecule has 0 aromatic heterocycles. The summed E-state index contributed by atoms with van der Waals surface area (Å²) >= 11 is 5.15. The summed E-state index contributed by atoms with van der Waals surface area (Å²) in [7, 11) is 0. The van der Waals surface area contributed by atoms with Crippen LogP contribution in [0.5, 0.6) is 0 Å². The highest BCUT2D eigenvalue weighted by Gasteiger charge is 1.95. The molecule has 0 amide bonds. The molecule has 0 bridgehead atoms.